The monoisotopic (exact) mass is 396 g/mol. The highest BCUT2D eigenvalue weighted by Crippen LogP contribution is 2.46. The van der Waals surface area contributed by atoms with Crippen LogP contribution in [0.1, 0.15) is 51.7 Å². The van der Waals surface area contributed by atoms with Gasteiger partial charge in [-0.2, -0.15) is 12.6 Å². The van der Waals surface area contributed by atoms with Crippen molar-refractivity contribution >= 4 is 18.3 Å². The van der Waals surface area contributed by atoms with Gasteiger partial charge in [0.2, 0.25) is 0 Å². The molecule has 1 aliphatic heterocycles. The Morgan fingerprint density at radius 1 is 1.30 bits per heavy atom. The molecule has 27 heavy (non-hydrogen) atoms. The molecule has 0 aromatic heterocycles. The van der Waals surface area contributed by atoms with Crippen LogP contribution in [-0.2, 0) is 11.3 Å². The maximum Gasteiger partial charge on any atom is 0.252 e. The quantitative estimate of drug-likeness (QED) is 0.580. The minimum absolute atomic E-state index is 0.449. The molecule has 1 aromatic rings. The molecule has 0 saturated heterocycles. The van der Waals surface area contributed by atoms with Crippen LogP contribution in [0.2, 0.25) is 0 Å². The SMILES string of the molecule is CC(C)N1CCOCc2c(C#CC(C)(C)N)cccc21.FC(F)C1(S)CC1. The van der Waals surface area contributed by atoms with E-state index >= 15 is 0 Å². The molecular formula is C21H30F2N2OS. The number of halogens is 2. The molecule has 0 bridgehead atoms. The topological polar surface area (TPSA) is 38.5 Å². The first kappa shape index (κ1) is 22.0. The number of hydrogen-bond acceptors (Lipinski definition) is 4. The van der Waals surface area contributed by atoms with Gasteiger partial charge in [-0.3, -0.25) is 0 Å². The maximum absolute atomic E-state index is 11.5. The molecule has 1 aliphatic carbocycles. The first-order chi connectivity index (χ1) is 12.5. The third-order valence-electron chi connectivity index (χ3n) is 4.49. The van der Waals surface area contributed by atoms with Gasteiger partial charge in [0.05, 0.1) is 23.5 Å². The number of rotatable bonds is 2. The van der Waals surface area contributed by atoms with Crippen molar-refractivity contribution in [3.63, 3.8) is 0 Å². The first-order valence-corrected chi connectivity index (χ1v) is 9.77. The fourth-order valence-corrected chi connectivity index (χ4v) is 2.79. The molecule has 0 unspecified atom stereocenters. The van der Waals surface area contributed by atoms with Gasteiger partial charge in [0.25, 0.3) is 6.43 Å². The summed E-state index contributed by atoms with van der Waals surface area (Å²) >= 11 is 3.71. The number of anilines is 1. The largest absolute Gasteiger partial charge is 0.375 e. The minimum atomic E-state index is -2.23. The molecule has 1 fully saturated rings. The lowest BCUT2D eigenvalue weighted by molar-refractivity contribution is 0.131. The van der Waals surface area contributed by atoms with Gasteiger partial charge in [-0.1, -0.05) is 17.9 Å². The number of nitrogens with zero attached hydrogens (tertiary/aromatic N) is 1. The van der Waals surface area contributed by atoms with Gasteiger partial charge >= 0.3 is 0 Å². The van der Waals surface area contributed by atoms with E-state index in [1.54, 1.807) is 0 Å². The third kappa shape index (κ3) is 6.38. The minimum Gasteiger partial charge on any atom is -0.375 e. The second kappa shape index (κ2) is 8.81. The van der Waals surface area contributed by atoms with E-state index in [4.69, 9.17) is 10.5 Å². The van der Waals surface area contributed by atoms with Crippen LogP contribution >= 0.6 is 12.6 Å². The predicted octanol–water partition coefficient (Wildman–Crippen LogP) is 4.23. The highest BCUT2D eigenvalue weighted by atomic mass is 32.1. The molecular weight excluding hydrogens is 366 g/mol. The van der Waals surface area contributed by atoms with Crippen molar-refractivity contribution in [3.8, 4) is 11.8 Å². The summed E-state index contributed by atoms with van der Waals surface area (Å²) in [6.45, 7) is 10.5. The summed E-state index contributed by atoms with van der Waals surface area (Å²) in [5, 5.41) is 0. The molecule has 0 amide bonds. The molecule has 1 aromatic carbocycles. The zero-order chi connectivity index (χ0) is 20.2. The molecule has 2 N–H and O–H groups in total. The molecule has 0 spiro atoms. The van der Waals surface area contributed by atoms with Crippen molar-refractivity contribution in [3.05, 3.63) is 29.3 Å². The van der Waals surface area contributed by atoms with E-state index in [-0.39, 0.29) is 0 Å². The van der Waals surface area contributed by atoms with Crippen LogP contribution in [0.3, 0.4) is 0 Å². The Bertz CT molecular complexity index is 700. The van der Waals surface area contributed by atoms with Gasteiger partial charge in [0.1, 0.15) is 0 Å². The lowest BCUT2D eigenvalue weighted by atomic mass is 10.0. The Morgan fingerprint density at radius 3 is 2.44 bits per heavy atom. The van der Waals surface area contributed by atoms with Crippen LogP contribution in [-0.4, -0.2) is 35.9 Å². The van der Waals surface area contributed by atoms with E-state index in [0.29, 0.717) is 25.5 Å². The molecule has 1 heterocycles. The molecule has 3 nitrogen and oxygen atoms in total. The lowest BCUT2D eigenvalue weighted by Gasteiger charge is -2.28. The number of alkyl halides is 2. The maximum atomic E-state index is 11.5. The normalized spacial score (nSPS) is 18.1. The number of hydrogen-bond donors (Lipinski definition) is 2. The Morgan fingerprint density at radius 2 is 1.96 bits per heavy atom. The molecule has 150 valence electrons. The van der Waals surface area contributed by atoms with Crippen LogP contribution in [0.25, 0.3) is 0 Å². The fourth-order valence-electron chi connectivity index (χ4n) is 2.68. The smallest absolute Gasteiger partial charge is 0.252 e. The van der Waals surface area contributed by atoms with Gasteiger partial charge in [-0.05, 0) is 52.7 Å². The third-order valence-corrected chi connectivity index (χ3v) is 5.14. The summed E-state index contributed by atoms with van der Waals surface area (Å²) in [5.74, 6) is 6.32. The van der Waals surface area contributed by atoms with Crippen LogP contribution in [0.5, 0.6) is 0 Å². The van der Waals surface area contributed by atoms with Gasteiger partial charge < -0.3 is 15.4 Å². The van der Waals surface area contributed by atoms with Crippen molar-refractivity contribution < 1.29 is 13.5 Å². The second-order valence-corrected chi connectivity index (χ2v) is 8.91. The standard InChI is InChI=1S/C17H24N2O.C4H6F2S/c1-13(2)19-10-11-20-12-15-14(6-5-7-16(15)19)8-9-17(3,4)18;5-3(6)4(7)1-2-4/h5-7,13H,10-12,18H2,1-4H3;3,7H,1-2H2. The second-order valence-electron chi connectivity index (χ2n) is 8.02. The van der Waals surface area contributed by atoms with E-state index < -0.39 is 16.7 Å². The van der Waals surface area contributed by atoms with Crippen LogP contribution < -0.4 is 10.6 Å². The fraction of sp³-hybridized carbons (Fsp3) is 0.619. The van der Waals surface area contributed by atoms with Gasteiger partial charge in [-0.25, -0.2) is 8.78 Å². The zero-order valence-electron chi connectivity index (χ0n) is 16.6. The summed E-state index contributed by atoms with van der Waals surface area (Å²) in [4.78, 5) is 2.38. The first-order valence-electron chi connectivity index (χ1n) is 9.32. The lowest BCUT2D eigenvalue weighted by Crippen LogP contribution is -2.33. The summed E-state index contributed by atoms with van der Waals surface area (Å²) in [6.07, 6.45) is -1.07. The molecule has 1 saturated carbocycles. The van der Waals surface area contributed by atoms with Crippen molar-refractivity contribution in [1.29, 1.82) is 0 Å². The van der Waals surface area contributed by atoms with E-state index in [9.17, 15) is 8.78 Å². The molecule has 3 rings (SSSR count). The van der Waals surface area contributed by atoms with Gasteiger partial charge in [0.15, 0.2) is 0 Å². The summed E-state index contributed by atoms with van der Waals surface area (Å²) in [7, 11) is 0. The Balaban J connectivity index is 0.000000313. The molecule has 6 heteroatoms. The number of thiol groups is 1. The average Bonchev–Trinajstić information content (AvgIpc) is 3.35. The van der Waals surface area contributed by atoms with Gasteiger partial charge in [-0.15, -0.1) is 0 Å². The summed E-state index contributed by atoms with van der Waals surface area (Å²) in [6, 6.07) is 6.71. The number of ether oxygens (including phenoxy) is 1. The zero-order valence-corrected chi connectivity index (χ0v) is 17.5. The van der Waals surface area contributed by atoms with E-state index in [1.165, 1.54) is 11.3 Å². The van der Waals surface area contributed by atoms with Crippen LogP contribution in [0.15, 0.2) is 18.2 Å². The van der Waals surface area contributed by atoms with Crippen molar-refractivity contribution in [1.82, 2.24) is 0 Å². The van der Waals surface area contributed by atoms with Crippen LogP contribution in [0, 0.1) is 11.8 Å². The Labute approximate surface area is 167 Å². The van der Waals surface area contributed by atoms with Crippen molar-refractivity contribution in [2.45, 2.75) is 69.9 Å². The molecule has 2 aliphatic rings. The van der Waals surface area contributed by atoms with E-state index in [2.05, 4.69) is 55.3 Å². The Kier molecular flexibility index (Phi) is 7.18. The number of fused-ring (bicyclic) bond motifs is 1. The van der Waals surface area contributed by atoms with E-state index in [1.807, 2.05) is 19.9 Å². The van der Waals surface area contributed by atoms with E-state index in [0.717, 1.165) is 18.7 Å². The van der Waals surface area contributed by atoms with Crippen molar-refractivity contribution in [2.75, 3.05) is 18.1 Å². The molecule has 0 atom stereocenters. The highest BCUT2D eigenvalue weighted by molar-refractivity contribution is 7.82. The summed E-state index contributed by atoms with van der Waals surface area (Å²) < 4.78 is 27.9. The molecule has 0 radical (unpaired) electrons. The van der Waals surface area contributed by atoms with Crippen molar-refractivity contribution in [2.24, 2.45) is 5.73 Å². The van der Waals surface area contributed by atoms with Gasteiger partial charge in [0, 0.05) is 29.4 Å². The van der Waals surface area contributed by atoms with Crippen LogP contribution in [0.4, 0.5) is 14.5 Å². The highest BCUT2D eigenvalue weighted by Gasteiger charge is 2.47. The summed E-state index contributed by atoms with van der Waals surface area (Å²) in [5.41, 5.74) is 8.90. The average molecular weight is 397 g/mol. The number of benzene rings is 1. The number of nitrogens with two attached hydrogens (primary N) is 1. The Hall–Kier alpha value is -1.29. The predicted molar refractivity (Wildman–Crippen MR) is 111 cm³/mol.